The molecular formula is C13H26N2O. The monoisotopic (exact) mass is 226 g/mol. The molecule has 1 N–H and O–H groups in total. The lowest BCUT2D eigenvalue weighted by Gasteiger charge is -2.42. The van der Waals surface area contributed by atoms with E-state index in [0.717, 1.165) is 26.2 Å². The summed E-state index contributed by atoms with van der Waals surface area (Å²) in [4.78, 5) is 2.71. The highest BCUT2D eigenvalue weighted by atomic mass is 16.5. The minimum atomic E-state index is 0.532. The summed E-state index contributed by atoms with van der Waals surface area (Å²) in [6.07, 6.45) is 5.75. The molecule has 3 unspecified atom stereocenters. The summed E-state index contributed by atoms with van der Waals surface area (Å²) in [5, 5.41) is 3.49. The van der Waals surface area contributed by atoms with E-state index in [0.29, 0.717) is 18.2 Å². The molecule has 0 bridgehead atoms. The fourth-order valence-corrected chi connectivity index (χ4v) is 3.22. The first kappa shape index (κ1) is 12.3. The Balaban J connectivity index is 1.94. The zero-order valence-electron chi connectivity index (χ0n) is 10.7. The third-order valence-electron chi connectivity index (χ3n) is 4.10. The van der Waals surface area contributed by atoms with Crippen molar-refractivity contribution in [2.45, 2.75) is 57.7 Å². The molecule has 1 saturated carbocycles. The van der Waals surface area contributed by atoms with Gasteiger partial charge in [-0.25, -0.2) is 0 Å². The molecular weight excluding hydrogens is 200 g/mol. The molecule has 3 heteroatoms. The Hall–Kier alpha value is -0.120. The summed E-state index contributed by atoms with van der Waals surface area (Å²) < 4.78 is 5.87. The van der Waals surface area contributed by atoms with Crippen LogP contribution in [-0.4, -0.2) is 49.3 Å². The van der Waals surface area contributed by atoms with Crippen molar-refractivity contribution in [2.24, 2.45) is 0 Å². The van der Waals surface area contributed by atoms with E-state index in [4.69, 9.17) is 4.74 Å². The van der Waals surface area contributed by atoms with Crippen molar-refractivity contribution in [2.75, 3.05) is 26.2 Å². The number of ether oxygens (including phenoxy) is 1. The van der Waals surface area contributed by atoms with E-state index in [1.165, 1.54) is 25.7 Å². The van der Waals surface area contributed by atoms with Crippen LogP contribution in [0.15, 0.2) is 0 Å². The lowest BCUT2D eigenvalue weighted by molar-refractivity contribution is -0.0717. The molecule has 3 atom stereocenters. The van der Waals surface area contributed by atoms with E-state index in [2.05, 4.69) is 24.1 Å². The molecule has 2 rings (SSSR count). The van der Waals surface area contributed by atoms with Crippen LogP contribution in [0.3, 0.4) is 0 Å². The smallest absolute Gasteiger partial charge is 0.0731 e. The maximum absolute atomic E-state index is 5.87. The topological polar surface area (TPSA) is 24.5 Å². The molecule has 0 amide bonds. The van der Waals surface area contributed by atoms with E-state index in [1.807, 2.05) is 0 Å². The first-order chi connectivity index (χ1) is 7.86. The van der Waals surface area contributed by atoms with Crippen molar-refractivity contribution in [1.82, 2.24) is 10.2 Å². The second-order valence-corrected chi connectivity index (χ2v) is 5.02. The van der Waals surface area contributed by atoms with Crippen molar-refractivity contribution >= 4 is 0 Å². The number of hydrogen-bond acceptors (Lipinski definition) is 3. The highest BCUT2D eigenvalue weighted by molar-refractivity contribution is 4.92. The average molecular weight is 226 g/mol. The molecule has 1 aliphatic carbocycles. The number of hydrogen-bond donors (Lipinski definition) is 1. The maximum Gasteiger partial charge on any atom is 0.0731 e. The van der Waals surface area contributed by atoms with Crippen LogP contribution < -0.4 is 5.32 Å². The molecule has 2 fully saturated rings. The van der Waals surface area contributed by atoms with E-state index in [9.17, 15) is 0 Å². The minimum Gasteiger partial charge on any atom is -0.375 e. The minimum absolute atomic E-state index is 0.532. The van der Waals surface area contributed by atoms with Crippen LogP contribution in [0.25, 0.3) is 0 Å². The average Bonchev–Trinajstić information content (AvgIpc) is 2.78. The zero-order valence-corrected chi connectivity index (χ0v) is 10.7. The van der Waals surface area contributed by atoms with E-state index in [1.54, 1.807) is 0 Å². The van der Waals surface area contributed by atoms with Crippen molar-refractivity contribution in [1.29, 1.82) is 0 Å². The molecule has 0 radical (unpaired) electrons. The van der Waals surface area contributed by atoms with Crippen LogP contribution >= 0.6 is 0 Å². The Morgan fingerprint density at radius 3 is 3.00 bits per heavy atom. The van der Waals surface area contributed by atoms with Gasteiger partial charge >= 0.3 is 0 Å². The molecule has 1 aliphatic heterocycles. The standard InChI is InChI=1S/C13H26N2O/c1-3-11(10-14-4-2)15-8-9-16-13-7-5-6-12(13)15/h11-14H,3-10H2,1-2H3. The van der Waals surface area contributed by atoms with Gasteiger partial charge in [-0.15, -0.1) is 0 Å². The normalized spacial score (nSPS) is 32.6. The fraction of sp³-hybridized carbons (Fsp3) is 1.00. The van der Waals surface area contributed by atoms with Gasteiger partial charge in [-0.05, 0) is 32.2 Å². The molecule has 16 heavy (non-hydrogen) atoms. The highest BCUT2D eigenvalue weighted by Crippen LogP contribution is 2.31. The van der Waals surface area contributed by atoms with Gasteiger partial charge in [0.25, 0.3) is 0 Å². The van der Waals surface area contributed by atoms with Gasteiger partial charge in [0.05, 0.1) is 12.7 Å². The lowest BCUT2D eigenvalue weighted by Crippen LogP contribution is -2.55. The summed E-state index contributed by atoms with van der Waals surface area (Å²) in [5.41, 5.74) is 0. The molecule has 1 saturated heterocycles. The van der Waals surface area contributed by atoms with Gasteiger partial charge in [-0.2, -0.15) is 0 Å². The lowest BCUT2D eigenvalue weighted by atomic mass is 10.1. The van der Waals surface area contributed by atoms with Crippen molar-refractivity contribution in [3.05, 3.63) is 0 Å². The number of fused-ring (bicyclic) bond motifs is 1. The van der Waals surface area contributed by atoms with Gasteiger partial charge < -0.3 is 10.1 Å². The van der Waals surface area contributed by atoms with Crippen LogP contribution in [-0.2, 0) is 4.74 Å². The molecule has 94 valence electrons. The van der Waals surface area contributed by atoms with E-state index in [-0.39, 0.29) is 0 Å². The van der Waals surface area contributed by atoms with Crippen molar-refractivity contribution < 1.29 is 4.74 Å². The first-order valence-electron chi connectivity index (χ1n) is 6.94. The summed E-state index contributed by atoms with van der Waals surface area (Å²) in [6, 6.07) is 1.41. The molecule has 0 spiro atoms. The Morgan fingerprint density at radius 1 is 1.38 bits per heavy atom. The van der Waals surface area contributed by atoms with Gasteiger partial charge in [0.15, 0.2) is 0 Å². The third-order valence-corrected chi connectivity index (χ3v) is 4.10. The van der Waals surface area contributed by atoms with Gasteiger partial charge in [0, 0.05) is 25.2 Å². The quantitative estimate of drug-likeness (QED) is 0.771. The second kappa shape index (κ2) is 5.99. The Bertz CT molecular complexity index is 210. The van der Waals surface area contributed by atoms with Crippen molar-refractivity contribution in [3.8, 4) is 0 Å². The first-order valence-corrected chi connectivity index (χ1v) is 6.94. The maximum atomic E-state index is 5.87. The Labute approximate surface area is 99.5 Å². The zero-order chi connectivity index (χ0) is 11.4. The Kier molecular flexibility index (Phi) is 4.62. The van der Waals surface area contributed by atoms with Crippen LogP contribution in [0.2, 0.25) is 0 Å². The van der Waals surface area contributed by atoms with Gasteiger partial charge in [-0.3, -0.25) is 4.90 Å². The van der Waals surface area contributed by atoms with Crippen LogP contribution in [0.4, 0.5) is 0 Å². The predicted octanol–water partition coefficient (Wildman–Crippen LogP) is 1.63. The number of nitrogens with zero attached hydrogens (tertiary/aromatic N) is 1. The molecule has 0 aromatic carbocycles. The van der Waals surface area contributed by atoms with Crippen LogP contribution in [0.5, 0.6) is 0 Å². The molecule has 0 aromatic rings. The predicted molar refractivity (Wildman–Crippen MR) is 66.7 cm³/mol. The highest BCUT2D eigenvalue weighted by Gasteiger charge is 2.38. The largest absolute Gasteiger partial charge is 0.375 e. The number of likely N-dealkylation sites (N-methyl/N-ethyl adjacent to an activating group) is 1. The number of nitrogens with one attached hydrogen (secondary N) is 1. The van der Waals surface area contributed by atoms with E-state index >= 15 is 0 Å². The van der Waals surface area contributed by atoms with Crippen LogP contribution in [0, 0.1) is 0 Å². The summed E-state index contributed by atoms with van der Waals surface area (Å²) >= 11 is 0. The van der Waals surface area contributed by atoms with Crippen molar-refractivity contribution in [3.63, 3.8) is 0 Å². The van der Waals surface area contributed by atoms with Gasteiger partial charge in [0.2, 0.25) is 0 Å². The molecule has 0 aromatic heterocycles. The SMILES string of the molecule is CCNCC(CC)N1CCOC2CCCC21. The van der Waals surface area contributed by atoms with E-state index < -0.39 is 0 Å². The number of morpholine rings is 1. The number of rotatable bonds is 5. The molecule has 2 aliphatic rings. The molecule has 3 nitrogen and oxygen atoms in total. The Morgan fingerprint density at radius 2 is 2.25 bits per heavy atom. The molecule has 1 heterocycles. The third kappa shape index (κ3) is 2.58. The van der Waals surface area contributed by atoms with Gasteiger partial charge in [0.1, 0.15) is 0 Å². The van der Waals surface area contributed by atoms with Crippen LogP contribution in [0.1, 0.15) is 39.5 Å². The fourth-order valence-electron chi connectivity index (χ4n) is 3.22. The van der Waals surface area contributed by atoms with Gasteiger partial charge in [-0.1, -0.05) is 13.8 Å². The summed E-state index contributed by atoms with van der Waals surface area (Å²) in [7, 11) is 0. The summed E-state index contributed by atoms with van der Waals surface area (Å²) in [5.74, 6) is 0. The second-order valence-electron chi connectivity index (χ2n) is 5.02. The summed E-state index contributed by atoms with van der Waals surface area (Å²) in [6.45, 7) is 8.77.